The van der Waals surface area contributed by atoms with E-state index in [9.17, 15) is 9.59 Å². The van der Waals surface area contributed by atoms with Gasteiger partial charge in [0.05, 0.1) is 5.56 Å². The molecule has 0 aromatic heterocycles. The van der Waals surface area contributed by atoms with E-state index in [-0.39, 0.29) is 17.9 Å². The van der Waals surface area contributed by atoms with Crippen LogP contribution in [0.1, 0.15) is 52.7 Å². The number of unbranched alkanes of at least 4 members (excludes halogenated alkanes) is 1. The Hall–Kier alpha value is -3.86. The number of ether oxygens (including phenoxy) is 1. The highest BCUT2D eigenvalue weighted by atomic mass is 16.5. The molecule has 5 nitrogen and oxygen atoms in total. The van der Waals surface area contributed by atoms with Crippen molar-refractivity contribution in [1.29, 1.82) is 0 Å². The number of carboxylic acid groups (broad SMARTS) is 2. The second-order valence-electron chi connectivity index (χ2n) is 8.28. The molecule has 0 fully saturated rings. The lowest BCUT2D eigenvalue weighted by molar-refractivity contribution is -0.137. The summed E-state index contributed by atoms with van der Waals surface area (Å²) in [6, 6.07) is 24.8. The Balaban J connectivity index is 1.70. The third-order valence-electron chi connectivity index (χ3n) is 5.62. The van der Waals surface area contributed by atoms with Crippen LogP contribution in [0, 0.1) is 5.92 Å². The number of hydrogen-bond acceptors (Lipinski definition) is 3. The summed E-state index contributed by atoms with van der Waals surface area (Å²) in [5.74, 6) is -0.727. The van der Waals surface area contributed by atoms with Crippen LogP contribution in [-0.2, 0) is 17.8 Å². The van der Waals surface area contributed by atoms with Crippen molar-refractivity contribution < 1.29 is 24.5 Å². The fourth-order valence-electron chi connectivity index (χ4n) is 3.76. The molecule has 5 heteroatoms. The second kappa shape index (κ2) is 13.0. The fraction of sp³-hybridized carbons (Fsp3) is 0.241. The largest absolute Gasteiger partial charge is 0.488 e. The number of hydrogen-bond donors (Lipinski definition) is 2. The van der Waals surface area contributed by atoms with E-state index in [4.69, 9.17) is 14.9 Å². The van der Waals surface area contributed by atoms with Gasteiger partial charge in [-0.3, -0.25) is 4.79 Å². The zero-order chi connectivity index (χ0) is 24.2. The number of carbonyl (C=O) groups is 2. The maximum absolute atomic E-state index is 11.1. The lowest BCUT2D eigenvalue weighted by Crippen LogP contribution is -2.04. The van der Waals surface area contributed by atoms with E-state index in [0.29, 0.717) is 13.0 Å². The van der Waals surface area contributed by atoms with Crippen molar-refractivity contribution in [3.63, 3.8) is 0 Å². The second-order valence-corrected chi connectivity index (χ2v) is 8.28. The van der Waals surface area contributed by atoms with Gasteiger partial charge in [0, 0.05) is 12.0 Å². The van der Waals surface area contributed by atoms with E-state index in [1.54, 1.807) is 12.1 Å². The number of benzene rings is 3. The molecular formula is C29H30O5. The normalized spacial score (nSPS) is 11.9. The molecule has 3 rings (SSSR count). The minimum absolute atomic E-state index is 0.167. The average Bonchev–Trinajstić information content (AvgIpc) is 2.85. The van der Waals surface area contributed by atoms with Crippen LogP contribution in [0.5, 0.6) is 5.75 Å². The molecule has 2 N–H and O–H groups in total. The zero-order valence-corrected chi connectivity index (χ0v) is 19.1. The van der Waals surface area contributed by atoms with E-state index in [1.165, 1.54) is 0 Å². The summed E-state index contributed by atoms with van der Waals surface area (Å²) in [4.78, 5) is 22.0. The number of aromatic carboxylic acids is 1. The van der Waals surface area contributed by atoms with Crippen molar-refractivity contribution in [3.8, 4) is 5.75 Å². The Morgan fingerprint density at radius 1 is 0.824 bits per heavy atom. The standard InChI is InChI=1S/C29H30O5/c30-28(31)13-7-4-8-22(20-23-15-18-26(19-16-23)29(32)33)14-17-25-11-5-6-12-27(25)34-21-24-9-2-1-3-10-24/h1-3,5-6,9-12,14-19,22H,4,7-8,13,20-21H2,(H,30,31)(H,32,33)/b17-14+. The summed E-state index contributed by atoms with van der Waals surface area (Å²) >= 11 is 0. The first kappa shape index (κ1) is 24.8. The summed E-state index contributed by atoms with van der Waals surface area (Å²) in [7, 11) is 0. The van der Waals surface area contributed by atoms with Crippen molar-refractivity contribution in [2.45, 2.75) is 38.7 Å². The molecule has 3 aromatic carbocycles. The number of carboxylic acids is 2. The summed E-state index contributed by atoms with van der Waals surface area (Å²) in [6.07, 6.45) is 7.41. The zero-order valence-electron chi connectivity index (χ0n) is 19.1. The van der Waals surface area contributed by atoms with E-state index >= 15 is 0 Å². The third-order valence-corrected chi connectivity index (χ3v) is 5.62. The summed E-state index contributed by atoms with van der Waals surface area (Å²) in [5.41, 5.74) is 3.39. The predicted molar refractivity (Wildman–Crippen MR) is 133 cm³/mol. The summed E-state index contributed by atoms with van der Waals surface area (Å²) < 4.78 is 6.06. The lowest BCUT2D eigenvalue weighted by atomic mass is 9.92. The smallest absolute Gasteiger partial charge is 0.335 e. The molecule has 1 unspecified atom stereocenters. The van der Waals surface area contributed by atoms with E-state index in [0.717, 1.165) is 41.7 Å². The SMILES string of the molecule is O=C(O)CCCCC(/C=C/c1ccccc1OCc1ccccc1)Cc1ccc(C(=O)O)cc1. The molecule has 0 aliphatic rings. The summed E-state index contributed by atoms with van der Waals surface area (Å²) in [6.45, 7) is 0.486. The van der Waals surface area contributed by atoms with Gasteiger partial charge >= 0.3 is 11.9 Å². The highest BCUT2D eigenvalue weighted by Gasteiger charge is 2.10. The topological polar surface area (TPSA) is 83.8 Å². The van der Waals surface area contributed by atoms with Gasteiger partial charge in [0.15, 0.2) is 0 Å². The Morgan fingerprint density at radius 3 is 2.24 bits per heavy atom. The predicted octanol–water partition coefficient (Wildman–Crippen LogP) is 6.48. The van der Waals surface area contributed by atoms with Crippen LogP contribution >= 0.6 is 0 Å². The van der Waals surface area contributed by atoms with Gasteiger partial charge in [0.1, 0.15) is 12.4 Å². The molecule has 3 aromatic rings. The Morgan fingerprint density at radius 2 is 1.53 bits per heavy atom. The van der Waals surface area contributed by atoms with Gasteiger partial charge in [-0.05, 0) is 54.5 Å². The molecule has 0 radical (unpaired) electrons. The van der Waals surface area contributed by atoms with Crippen LogP contribution in [0.2, 0.25) is 0 Å². The van der Waals surface area contributed by atoms with Crippen LogP contribution in [0.15, 0.2) is 84.9 Å². The number of allylic oxidation sites excluding steroid dienone is 1. The molecule has 176 valence electrons. The molecule has 0 amide bonds. The van der Waals surface area contributed by atoms with Crippen molar-refractivity contribution >= 4 is 18.0 Å². The van der Waals surface area contributed by atoms with E-state index in [2.05, 4.69) is 12.2 Å². The van der Waals surface area contributed by atoms with Crippen molar-refractivity contribution in [1.82, 2.24) is 0 Å². The van der Waals surface area contributed by atoms with Crippen molar-refractivity contribution in [3.05, 3.63) is 107 Å². The molecule has 1 atom stereocenters. The molecule has 0 heterocycles. The molecule has 0 aliphatic heterocycles. The minimum Gasteiger partial charge on any atom is -0.488 e. The Labute approximate surface area is 200 Å². The molecule has 0 spiro atoms. The quantitative estimate of drug-likeness (QED) is 0.286. The molecule has 0 saturated heterocycles. The van der Waals surface area contributed by atoms with Crippen LogP contribution < -0.4 is 4.74 Å². The van der Waals surface area contributed by atoms with E-state index < -0.39 is 11.9 Å². The molecular weight excluding hydrogens is 428 g/mol. The molecule has 0 bridgehead atoms. The maximum atomic E-state index is 11.1. The Kier molecular flexibility index (Phi) is 9.47. The number of aliphatic carboxylic acids is 1. The van der Waals surface area contributed by atoms with Gasteiger partial charge < -0.3 is 14.9 Å². The lowest BCUT2D eigenvalue weighted by Gasteiger charge is -2.14. The fourth-order valence-corrected chi connectivity index (χ4v) is 3.76. The first-order chi connectivity index (χ1) is 16.5. The highest BCUT2D eigenvalue weighted by Crippen LogP contribution is 2.24. The van der Waals surface area contributed by atoms with E-state index in [1.807, 2.05) is 66.7 Å². The highest BCUT2D eigenvalue weighted by molar-refractivity contribution is 5.87. The maximum Gasteiger partial charge on any atom is 0.335 e. The van der Waals surface area contributed by atoms with Crippen LogP contribution in [-0.4, -0.2) is 22.2 Å². The Bertz CT molecular complexity index is 1090. The third kappa shape index (κ3) is 8.24. The van der Waals surface area contributed by atoms with Gasteiger partial charge in [-0.2, -0.15) is 0 Å². The number of para-hydroxylation sites is 1. The summed E-state index contributed by atoms with van der Waals surface area (Å²) in [5, 5.41) is 18.1. The van der Waals surface area contributed by atoms with Crippen LogP contribution in [0.3, 0.4) is 0 Å². The van der Waals surface area contributed by atoms with Crippen LogP contribution in [0.25, 0.3) is 6.08 Å². The minimum atomic E-state index is -0.941. The van der Waals surface area contributed by atoms with Gasteiger partial charge in [-0.25, -0.2) is 4.79 Å². The number of rotatable bonds is 13. The van der Waals surface area contributed by atoms with Gasteiger partial charge in [-0.1, -0.05) is 79.2 Å². The monoisotopic (exact) mass is 458 g/mol. The molecule has 34 heavy (non-hydrogen) atoms. The first-order valence-electron chi connectivity index (χ1n) is 11.5. The van der Waals surface area contributed by atoms with Crippen molar-refractivity contribution in [2.75, 3.05) is 0 Å². The van der Waals surface area contributed by atoms with Crippen molar-refractivity contribution in [2.24, 2.45) is 5.92 Å². The van der Waals surface area contributed by atoms with Gasteiger partial charge in [0.25, 0.3) is 0 Å². The van der Waals surface area contributed by atoms with Gasteiger partial charge in [-0.15, -0.1) is 0 Å². The molecule has 0 saturated carbocycles. The molecule has 0 aliphatic carbocycles. The van der Waals surface area contributed by atoms with Gasteiger partial charge in [0.2, 0.25) is 0 Å². The average molecular weight is 459 g/mol. The first-order valence-corrected chi connectivity index (χ1v) is 11.5. The van der Waals surface area contributed by atoms with Crippen LogP contribution in [0.4, 0.5) is 0 Å².